The van der Waals surface area contributed by atoms with Gasteiger partial charge in [-0.1, -0.05) is 13.8 Å². The molecule has 0 saturated carbocycles. The third kappa shape index (κ3) is 2.48. The van der Waals surface area contributed by atoms with E-state index < -0.39 is 0 Å². The summed E-state index contributed by atoms with van der Waals surface area (Å²) in [6.45, 7) is 8.18. The molecule has 0 spiro atoms. The molecule has 18 heavy (non-hydrogen) atoms. The first-order valence-corrected chi connectivity index (χ1v) is 7.50. The summed E-state index contributed by atoms with van der Waals surface area (Å²) in [5, 5.41) is 0. The van der Waals surface area contributed by atoms with Crippen LogP contribution in [-0.2, 0) is 6.54 Å². The highest BCUT2D eigenvalue weighted by atomic mass is 79.9. The number of nitrogens with zero attached hydrogens (tertiary/aromatic N) is 2. The summed E-state index contributed by atoms with van der Waals surface area (Å²) in [6.07, 6.45) is 4.24. The van der Waals surface area contributed by atoms with E-state index in [1.54, 1.807) is 0 Å². The normalized spacial score (nSPS) is 19.8. The Morgan fingerprint density at radius 1 is 1.56 bits per heavy atom. The van der Waals surface area contributed by atoms with E-state index in [2.05, 4.69) is 41.6 Å². The van der Waals surface area contributed by atoms with Crippen molar-refractivity contribution >= 4 is 21.8 Å². The van der Waals surface area contributed by atoms with E-state index in [1.807, 2.05) is 16.8 Å². The lowest BCUT2D eigenvalue weighted by molar-refractivity contribution is 0.0690. The third-order valence-electron chi connectivity index (χ3n) is 3.75. The van der Waals surface area contributed by atoms with Gasteiger partial charge in [-0.25, -0.2) is 0 Å². The first kappa shape index (κ1) is 13.7. The number of amides is 1. The van der Waals surface area contributed by atoms with Crippen LogP contribution in [0.1, 0.15) is 44.1 Å². The van der Waals surface area contributed by atoms with Crippen molar-refractivity contribution in [1.29, 1.82) is 0 Å². The molecule has 1 aromatic heterocycles. The van der Waals surface area contributed by atoms with E-state index in [0.29, 0.717) is 12.0 Å². The van der Waals surface area contributed by atoms with Gasteiger partial charge in [0.1, 0.15) is 5.69 Å². The number of carbonyl (C=O) groups excluding carboxylic acids is 1. The van der Waals surface area contributed by atoms with Gasteiger partial charge in [0.05, 0.1) is 0 Å². The summed E-state index contributed by atoms with van der Waals surface area (Å²) >= 11 is 3.45. The van der Waals surface area contributed by atoms with Gasteiger partial charge in [-0.2, -0.15) is 0 Å². The first-order chi connectivity index (χ1) is 8.54. The summed E-state index contributed by atoms with van der Waals surface area (Å²) in [7, 11) is 0. The van der Waals surface area contributed by atoms with E-state index in [0.717, 1.165) is 36.1 Å². The molecule has 2 heterocycles. The topological polar surface area (TPSA) is 25.2 Å². The zero-order valence-electron chi connectivity index (χ0n) is 11.3. The zero-order chi connectivity index (χ0) is 13.3. The van der Waals surface area contributed by atoms with Gasteiger partial charge in [0.25, 0.3) is 5.91 Å². The lowest BCUT2D eigenvalue weighted by Crippen LogP contribution is -2.39. The highest BCUT2D eigenvalue weighted by molar-refractivity contribution is 9.10. The van der Waals surface area contributed by atoms with Crippen molar-refractivity contribution in [3.8, 4) is 0 Å². The Balaban J connectivity index is 2.25. The van der Waals surface area contributed by atoms with Crippen molar-refractivity contribution in [2.75, 3.05) is 6.54 Å². The number of hydrogen-bond acceptors (Lipinski definition) is 1. The molecule has 0 aromatic carbocycles. The van der Waals surface area contributed by atoms with Gasteiger partial charge in [-0.3, -0.25) is 4.79 Å². The minimum Gasteiger partial charge on any atom is -0.343 e. The molecular formula is C14H21BrN2O. The maximum atomic E-state index is 12.6. The average molecular weight is 313 g/mol. The number of likely N-dealkylation sites (tertiary alicyclic amines) is 1. The van der Waals surface area contributed by atoms with Crippen LogP contribution in [-0.4, -0.2) is 28.0 Å². The molecule has 0 radical (unpaired) electrons. The van der Waals surface area contributed by atoms with Crippen LogP contribution in [0.4, 0.5) is 0 Å². The predicted molar refractivity (Wildman–Crippen MR) is 76.7 cm³/mol. The number of aromatic nitrogens is 1. The van der Waals surface area contributed by atoms with Gasteiger partial charge >= 0.3 is 0 Å². The molecule has 4 heteroatoms. The summed E-state index contributed by atoms with van der Waals surface area (Å²) in [5.41, 5.74) is 0.803. The fraction of sp³-hybridized carbons (Fsp3) is 0.643. The maximum Gasteiger partial charge on any atom is 0.270 e. The molecule has 1 saturated heterocycles. The van der Waals surface area contributed by atoms with Gasteiger partial charge in [0.2, 0.25) is 0 Å². The van der Waals surface area contributed by atoms with E-state index >= 15 is 0 Å². The molecule has 1 aliphatic rings. The molecule has 0 aliphatic carbocycles. The minimum atomic E-state index is 0.179. The van der Waals surface area contributed by atoms with Crippen molar-refractivity contribution in [2.24, 2.45) is 5.92 Å². The molecule has 1 fully saturated rings. The second kappa shape index (κ2) is 5.47. The van der Waals surface area contributed by atoms with Crippen LogP contribution < -0.4 is 0 Å². The van der Waals surface area contributed by atoms with Crippen LogP contribution in [0.25, 0.3) is 0 Å². The van der Waals surface area contributed by atoms with Crippen LogP contribution >= 0.6 is 15.9 Å². The van der Waals surface area contributed by atoms with Crippen molar-refractivity contribution in [1.82, 2.24) is 9.47 Å². The quantitative estimate of drug-likeness (QED) is 0.838. The lowest BCUT2D eigenvalue weighted by atomic mass is 10.0. The molecule has 1 aliphatic heterocycles. The fourth-order valence-corrected chi connectivity index (χ4v) is 3.26. The Morgan fingerprint density at radius 3 is 2.89 bits per heavy atom. The number of hydrogen-bond donors (Lipinski definition) is 0. The molecule has 3 nitrogen and oxygen atoms in total. The van der Waals surface area contributed by atoms with Gasteiger partial charge in [-0.05, 0) is 47.7 Å². The molecule has 1 aromatic rings. The molecule has 100 valence electrons. The van der Waals surface area contributed by atoms with Crippen molar-refractivity contribution in [2.45, 2.75) is 46.2 Å². The molecule has 0 N–H and O–H groups in total. The van der Waals surface area contributed by atoms with Crippen molar-refractivity contribution < 1.29 is 4.79 Å². The van der Waals surface area contributed by atoms with Gasteiger partial charge < -0.3 is 9.47 Å². The van der Waals surface area contributed by atoms with Crippen molar-refractivity contribution in [3.05, 3.63) is 22.4 Å². The van der Waals surface area contributed by atoms with Gasteiger partial charge in [-0.15, -0.1) is 0 Å². The van der Waals surface area contributed by atoms with Crippen LogP contribution in [0.15, 0.2) is 16.7 Å². The Labute approximate surface area is 117 Å². The minimum absolute atomic E-state index is 0.179. The highest BCUT2D eigenvalue weighted by Gasteiger charge is 2.32. The Bertz CT molecular complexity index is 439. The number of carbonyl (C=O) groups is 1. The zero-order valence-corrected chi connectivity index (χ0v) is 12.9. The summed E-state index contributed by atoms with van der Waals surface area (Å²) < 4.78 is 3.00. The van der Waals surface area contributed by atoms with E-state index in [4.69, 9.17) is 0 Å². The highest BCUT2D eigenvalue weighted by Crippen LogP contribution is 2.26. The number of rotatable bonds is 3. The van der Waals surface area contributed by atoms with Crippen LogP contribution in [0.5, 0.6) is 0 Å². The third-order valence-corrected chi connectivity index (χ3v) is 4.19. The second-order valence-corrected chi connectivity index (χ2v) is 6.20. The van der Waals surface area contributed by atoms with E-state index in [1.165, 1.54) is 0 Å². The smallest absolute Gasteiger partial charge is 0.270 e. The molecule has 1 unspecified atom stereocenters. The molecular weight excluding hydrogens is 292 g/mol. The first-order valence-electron chi connectivity index (χ1n) is 6.71. The summed E-state index contributed by atoms with van der Waals surface area (Å²) in [4.78, 5) is 14.7. The predicted octanol–water partition coefficient (Wildman–Crippen LogP) is 3.53. The summed E-state index contributed by atoms with van der Waals surface area (Å²) in [5.74, 6) is 0.712. The summed E-state index contributed by atoms with van der Waals surface area (Å²) in [6, 6.07) is 2.33. The van der Waals surface area contributed by atoms with Crippen LogP contribution in [0.2, 0.25) is 0 Å². The number of halogens is 1. The van der Waals surface area contributed by atoms with Crippen molar-refractivity contribution in [3.63, 3.8) is 0 Å². The molecule has 0 bridgehead atoms. The monoisotopic (exact) mass is 312 g/mol. The SMILES string of the molecule is CCn1cc(Br)cc1C(=O)N1CCCC1C(C)C. The largest absolute Gasteiger partial charge is 0.343 e. The number of aryl methyl sites for hydroxylation is 1. The van der Waals surface area contributed by atoms with Crippen LogP contribution in [0, 0.1) is 5.92 Å². The molecule has 1 atom stereocenters. The molecule has 2 rings (SSSR count). The lowest BCUT2D eigenvalue weighted by Gasteiger charge is -2.28. The fourth-order valence-electron chi connectivity index (χ4n) is 2.80. The Morgan fingerprint density at radius 2 is 2.28 bits per heavy atom. The Hall–Kier alpha value is -0.770. The van der Waals surface area contributed by atoms with Gasteiger partial charge in [0, 0.05) is 29.8 Å². The van der Waals surface area contributed by atoms with E-state index in [-0.39, 0.29) is 5.91 Å². The Kier molecular flexibility index (Phi) is 4.15. The van der Waals surface area contributed by atoms with E-state index in [9.17, 15) is 4.79 Å². The van der Waals surface area contributed by atoms with Crippen LogP contribution in [0.3, 0.4) is 0 Å². The second-order valence-electron chi connectivity index (χ2n) is 5.28. The molecule has 1 amide bonds. The standard InChI is InChI=1S/C14H21BrN2O/c1-4-16-9-11(15)8-13(16)14(18)17-7-5-6-12(17)10(2)3/h8-10,12H,4-7H2,1-3H3. The average Bonchev–Trinajstić information content (AvgIpc) is 2.93. The maximum absolute atomic E-state index is 12.6. The van der Waals surface area contributed by atoms with Gasteiger partial charge in [0.15, 0.2) is 0 Å².